The topological polar surface area (TPSA) is 41.6 Å². The van der Waals surface area contributed by atoms with Crippen molar-refractivity contribution in [2.24, 2.45) is 0 Å². The molecule has 0 saturated carbocycles. The number of amides is 1. The molecule has 3 aromatic rings. The second-order valence-corrected chi connectivity index (χ2v) is 7.24. The molecule has 0 aliphatic heterocycles. The molecular weight excluding hydrogens is 383 g/mol. The third kappa shape index (κ3) is 4.29. The maximum absolute atomic E-state index is 12.6. The molecule has 1 atom stereocenters. The largest absolute Gasteiger partial charge is 0.479 e. The molecule has 0 aromatic heterocycles. The van der Waals surface area contributed by atoms with Crippen LogP contribution in [-0.4, -0.2) is 26.1 Å². The van der Waals surface area contributed by atoms with Gasteiger partial charge in [-0.3, -0.25) is 4.79 Å². The zero-order chi connectivity index (χ0) is 19.6. The van der Waals surface area contributed by atoms with E-state index in [1.807, 2.05) is 55.4 Å². The van der Waals surface area contributed by atoms with Crippen LogP contribution in [0.4, 0.5) is 11.4 Å². The summed E-state index contributed by atoms with van der Waals surface area (Å²) in [6.07, 6.45) is -0.726. The van der Waals surface area contributed by atoms with Gasteiger partial charge < -0.3 is 15.0 Å². The molecule has 0 saturated heterocycles. The van der Waals surface area contributed by atoms with Crippen LogP contribution in [0.5, 0.6) is 5.75 Å². The molecule has 0 aliphatic rings. The number of carbonyl (C=O) groups excluding carboxylic acids is 1. The standard InChI is InChI=1S/C21H20Cl2N2O2/c1-13(27-20-11-8-14(22)12-17(20)23)21(26)24-18-9-10-19(25(2)3)16-7-5-4-6-15(16)18/h4-13H,1-3H3,(H,24,26)/t13-/m1/s1. The van der Waals surface area contributed by atoms with Gasteiger partial charge in [0, 0.05) is 41.3 Å². The van der Waals surface area contributed by atoms with Crippen molar-refractivity contribution in [3.8, 4) is 5.75 Å². The average molecular weight is 403 g/mol. The number of anilines is 2. The van der Waals surface area contributed by atoms with Gasteiger partial charge in [-0.2, -0.15) is 0 Å². The molecular formula is C21H20Cl2N2O2. The molecule has 3 rings (SSSR count). The second kappa shape index (κ2) is 8.07. The van der Waals surface area contributed by atoms with Crippen LogP contribution < -0.4 is 15.0 Å². The van der Waals surface area contributed by atoms with Gasteiger partial charge in [0.25, 0.3) is 5.91 Å². The molecule has 27 heavy (non-hydrogen) atoms. The lowest BCUT2D eigenvalue weighted by Crippen LogP contribution is -2.30. The summed E-state index contributed by atoms with van der Waals surface area (Å²) in [6.45, 7) is 1.68. The highest BCUT2D eigenvalue weighted by Gasteiger charge is 2.18. The summed E-state index contributed by atoms with van der Waals surface area (Å²) in [5, 5.41) is 5.86. The summed E-state index contributed by atoms with van der Waals surface area (Å²) in [7, 11) is 3.98. The number of halogens is 2. The molecule has 0 fully saturated rings. The summed E-state index contributed by atoms with van der Waals surface area (Å²) in [5.74, 6) is 0.153. The van der Waals surface area contributed by atoms with Crippen LogP contribution in [-0.2, 0) is 4.79 Å². The zero-order valence-electron chi connectivity index (χ0n) is 15.3. The van der Waals surface area contributed by atoms with Crippen LogP contribution in [0.15, 0.2) is 54.6 Å². The van der Waals surface area contributed by atoms with Gasteiger partial charge in [0.05, 0.1) is 5.02 Å². The molecule has 1 amide bonds. The quantitative estimate of drug-likeness (QED) is 0.601. The van der Waals surface area contributed by atoms with Crippen molar-refractivity contribution >= 4 is 51.3 Å². The maximum atomic E-state index is 12.6. The first-order valence-electron chi connectivity index (χ1n) is 8.48. The molecule has 1 N–H and O–H groups in total. The number of carbonyl (C=O) groups is 1. The predicted molar refractivity (Wildman–Crippen MR) is 113 cm³/mol. The van der Waals surface area contributed by atoms with Gasteiger partial charge in [0.2, 0.25) is 0 Å². The fraction of sp³-hybridized carbons (Fsp3) is 0.190. The number of hydrogen-bond donors (Lipinski definition) is 1. The summed E-state index contributed by atoms with van der Waals surface area (Å²) in [4.78, 5) is 14.7. The third-order valence-corrected chi connectivity index (χ3v) is 4.74. The number of ether oxygens (including phenoxy) is 1. The smallest absolute Gasteiger partial charge is 0.265 e. The van der Waals surface area contributed by atoms with Gasteiger partial charge in [0.15, 0.2) is 6.10 Å². The first-order chi connectivity index (χ1) is 12.9. The Balaban J connectivity index is 1.82. The van der Waals surface area contributed by atoms with E-state index in [4.69, 9.17) is 27.9 Å². The molecule has 0 aliphatic carbocycles. The van der Waals surface area contributed by atoms with Crippen LogP contribution in [0.2, 0.25) is 10.0 Å². The van der Waals surface area contributed by atoms with E-state index < -0.39 is 6.10 Å². The molecule has 0 heterocycles. The minimum atomic E-state index is -0.726. The Morgan fingerprint density at radius 2 is 1.74 bits per heavy atom. The van der Waals surface area contributed by atoms with Crippen molar-refractivity contribution in [2.45, 2.75) is 13.0 Å². The number of hydrogen-bond acceptors (Lipinski definition) is 3. The number of nitrogens with one attached hydrogen (secondary N) is 1. The van der Waals surface area contributed by atoms with Crippen LogP contribution in [0.1, 0.15) is 6.92 Å². The predicted octanol–water partition coefficient (Wildman–Crippen LogP) is 5.62. The minimum absolute atomic E-state index is 0.260. The van der Waals surface area contributed by atoms with Gasteiger partial charge in [-0.15, -0.1) is 0 Å². The molecule has 6 heteroatoms. The molecule has 0 radical (unpaired) electrons. The summed E-state index contributed by atoms with van der Waals surface area (Å²) in [6, 6.07) is 16.7. The molecule has 3 aromatic carbocycles. The van der Waals surface area contributed by atoms with Gasteiger partial charge in [-0.1, -0.05) is 47.5 Å². The van der Waals surface area contributed by atoms with Gasteiger partial charge in [-0.05, 0) is 37.3 Å². The van der Waals surface area contributed by atoms with Crippen molar-refractivity contribution in [1.82, 2.24) is 0 Å². The van der Waals surface area contributed by atoms with E-state index in [2.05, 4.69) is 5.32 Å². The first-order valence-corrected chi connectivity index (χ1v) is 9.24. The fourth-order valence-electron chi connectivity index (χ4n) is 2.83. The lowest BCUT2D eigenvalue weighted by Gasteiger charge is -2.19. The Morgan fingerprint density at radius 1 is 1.04 bits per heavy atom. The Bertz CT molecular complexity index is 989. The van der Waals surface area contributed by atoms with E-state index in [1.54, 1.807) is 25.1 Å². The van der Waals surface area contributed by atoms with E-state index in [-0.39, 0.29) is 5.91 Å². The number of nitrogens with zero attached hydrogens (tertiary/aromatic N) is 1. The van der Waals surface area contributed by atoms with Crippen LogP contribution >= 0.6 is 23.2 Å². The number of benzene rings is 3. The molecule has 0 spiro atoms. The van der Waals surface area contributed by atoms with E-state index in [0.29, 0.717) is 15.8 Å². The first kappa shape index (κ1) is 19.3. The zero-order valence-corrected chi connectivity index (χ0v) is 16.8. The van der Waals surface area contributed by atoms with Crippen LogP contribution in [0, 0.1) is 0 Å². The molecule has 4 nitrogen and oxygen atoms in total. The summed E-state index contributed by atoms with van der Waals surface area (Å²) < 4.78 is 5.70. The second-order valence-electron chi connectivity index (χ2n) is 6.40. The lowest BCUT2D eigenvalue weighted by molar-refractivity contribution is -0.122. The fourth-order valence-corrected chi connectivity index (χ4v) is 3.28. The number of rotatable bonds is 5. The summed E-state index contributed by atoms with van der Waals surface area (Å²) in [5.41, 5.74) is 1.82. The van der Waals surface area contributed by atoms with Crippen LogP contribution in [0.25, 0.3) is 10.8 Å². The van der Waals surface area contributed by atoms with Gasteiger partial charge >= 0.3 is 0 Å². The van der Waals surface area contributed by atoms with E-state index >= 15 is 0 Å². The highest BCUT2D eigenvalue weighted by Crippen LogP contribution is 2.32. The van der Waals surface area contributed by atoms with Crippen LogP contribution in [0.3, 0.4) is 0 Å². The molecule has 0 unspecified atom stereocenters. The third-order valence-electron chi connectivity index (χ3n) is 4.21. The monoisotopic (exact) mass is 402 g/mol. The van der Waals surface area contributed by atoms with E-state index in [1.165, 1.54) is 0 Å². The van der Waals surface area contributed by atoms with Crippen molar-refractivity contribution in [3.63, 3.8) is 0 Å². The van der Waals surface area contributed by atoms with E-state index in [9.17, 15) is 4.79 Å². The average Bonchev–Trinajstić information content (AvgIpc) is 2.63. The SMILES string of the molecule is C[C@@H](Oc1ccc(Cl)cc1Cl)C(=O)Nc1ccc(N(C)C)c2ccccc12. The molecule has 0 bridgehead atoms. The Hall–Kier alpha value is -2.43. The highest BCUT2D eigenvalue weighted by atomic mass is 35.5. The van der Waals surface area contributed by atoms with Gasteiger partial charge in [-0.25, -0.2) is 0 Å². The number of fused-ring (bicyclic) bond motifs is 1. The Morgan fingerprint density at radius 3 is 2.41 bits per heavy atom. The van der Waals surface area contributed by atoms with Crippen molar-refractivity contribution in [3.05, 3.63) is 64.6 Å². The van der Waals surface area contributed by atoms with Crippen molar-refractivity contribution in [1.29, 1.82) is 0 Å². The van der Waals surface area contributed by atoms with E-state index in [0.717, 1.165) is 22.1 Å². The Labute approximate surface area is 168 Å². The Kier molecular flexibility index (Phi) is 5.78. The van der Waals surface area contributed by atoms with Crippen molar-refractivity contribution < 1.29 is 9.53 Å². The molecule has 140 valence electrons. The maximum Gasteiger partial charge on any atom is 0.265 e. The lowest BCUT2D eigenvalue weighted by atomic mass is 10.1. The normalized spacial score (nSPS) is 11.9. The van der Waals surface area contributed by atoms with Crippen molar-refractivity contribution in [2.75, 3.05) is 24.3 Å². The highest BCUT2D eigenvalue weighted by molar-refractivity contribution is 6.35. The minimum Gasteiger partial charge on any atom is -0.479 e. The van der Waals surface area contributed by atoms with Gasteiger partial charge in [0.1, 0.15) is 5.75 Å². The summed E-state index contributed by atoms with van der Waals surface area (Å²) >= 11 is 12.0.